The lowest BCUT2D eigenvalue weighted by molar-refractivity contribution is -0.130. The van der Waals surface area contributed by atoms with Crippen molar-refractivity contribution in [3.63, 3.8) is 0 Å². The monoisotopic (exact) mass is 278 g/mol. The van der Waals surface area contributed by atoms with E-state index in [2.05, 4.69) is 14.9 Å². The number of amides is 1. The van der Waals surface area contributed by atoms with Gasteiger partial charge in [0.05, 0.1) is 17.9 Å². The number of ether oxygens (including phenoxy) is 1. The first-order chi connectivity index (χ1) is 9.69. The smallest absolute Gasteiger partial charge is 0.240 e. The first-order valence-electron chi connectivity index (χ1n) is 7.34. The number of carbonyl (C=O) groups is 1. The van der Waals surface area contributed by atoms with E-state index in [1.165, 1.54) is 0 Å². The molecule has 0 spiro atoms. The van der Waals surface area contributed by atoms with Crippen LogP contribution in [0.4, 0.5) is 0 Å². The van der Waals surface area contributed by atoms with Gasteiger partial charge in [-0.25, -0.2) is 4.98 Å². The molecule has 2 aliphatic rings. The third-order valence-electron chi connectivity index (χ3n) is 4.54. The highest BCUT2D eigenvalue weighted by Gasteiger charge is 2.39. The van der Waals surface area contributed by atoms with Crippen LogP contribution in [-0.2, 0) is 9.53 Å². The molecule has 1 aromatic heterocycles. The molecule has 2 atom stereocenters. The molecule has 0 aromatic carbocycles. The summed E-state index contributed by atoms with van der Waals surface area (Å²) < 4.78 is 7.38. The summed E-state index contributed by atoms with van der Waals surface area (Å²) in [4.78, 5) is 16.6. The topological polar surface area (TPSA) is 82.2 Å². The Morgan fingerprint density at radius 1 is 1.40 bits per heavy atom. The summed E-state index contributed by atoms with van der Waals surface area (Å²) in [6, 6.07) is 0.449. The molecule has 110 valence electrons. The molecule has 0 bridgehead atoms. The van der Waals surface area contributed by atoms with Gasteiger partial charge in [-0.15, -0.1) is 0 Å². The SMILES string of the molecule is NC1(C(=O)NC2CCCC2n2ccnc2)CCOCC1. The maximum Gasteiger partial charge on any atom is 0.240 e. The minimum absolute atomic E-state index is 0.0298. The molecule has 3 N–H and O–H groups in total. The lowest BCUT2D eigenvalue weighted by Gasteiger charge is -2.34. The minimum Gasteiger partial charge on any atom is -0.381 e. The van der Waals surface area contributed by atoms with Gasteiger partial charge in [-0.05, 0) is 32.1 Å². The molecular weight excluding hydrogens is 256 g/mol. The van der Waals surface area contributed by atoms with Gasteiger partial charge in [0.1, 0.15) is 0 Å². The van der Waals surface area contributed by atoms with Crippen LogP contribution in [0.2, 0.25) is 0 Å². The van der Waals surface area contributed by atoms with E-state index in [9.17, 15) is 4.79 Å². The first kappa shape index (κ1) is 13.6. The van der Waals surface area contributed by atoms with Crippen molar-refractivity contribution in [3.8, 4) is 0 Å². The summed E-state index contributed by atoms with van der Waals surface area (Å²) >= 11 is 0. The molecule has 3 rings (SSSR count). The molecular formula is C14H22N4O2. The lowest BCUT2D eigenvalue weighted by atomic mass is 9.90. The van der Waals surface area contributed by atoms with Crippen LogP contribution in [0, 0.1) is 0 Å². The average molecular weight is 278 g/mol. The van der Waals surface area contributed by atoms with Crippen LogP contribution in [-0.4, -0.2) is 40.3 Å². The average Bonchev–Trinajstić information content (AvgIpc) is 3.09. The number of rotatable bonds is 3. The molecule has 2 heterocycles. The van der Waals surface area contributed by atoms with Crippen molar-refractivity contribution in [2.45, 2.75) is 49.7 Å². The van der Waals surface area contributed by atoms with Crippen molar-refractivity contribution in [2.75, 3.05) is 13.2 Å². The molecule has 1 aliphatic heterocycles. The van der Waals surface area contributed by atoms with Crippen molar-refractivity contribution in [1.29, 1.82) is 0 Å². The quantitative estimate of drug-likeness (QED) is 0.848. The largest absolute Gasteiger partial charge is 0.381 e. The number of hydrogen-bond acceptors (Lipinski definition) is 4. The summed E-state index contributed by atoms with van der Waals surface area (Å²) in [6.45, 7) is 1.14. The van der Waals surface area contributed by atoms with Gasteiger partial charge in [0.25, 0.3) is 0 Å². The number of nitrogens with one attached hydrogen (secondary N) is 1. The number of hydrogen-bond donors (Lipinski definition) is 2. The van der Waals surface area contributed by atoms with E-state index in [1.54, 1.807) is 6.20 Å². The van der Waals surface area contributed by atoms with Crippen molar-refractivity contribution in [1.82, 2.24) is 14.9 Å². The maximum absolute atomic E-state index is 12.5. The Kier molecular flexibility index (Phi) is 3.76. The maximum atomic E-state index is 12.5. The summed E-state index contributed by atoms with van der Waals surface area (Å²) in [5.41, 5.74) is 5.47. The van der Waals surface area contributed by atoms with Crippen LogP contribution in [0.25, 0.3) is 0 Å². The predicted molar refractivity (Wildman–Crippen MR) is 74.0 cm³/mol. The zero-order chi connectivity index (χ0) is 14.0. The highest BCUT2D eigenvalue weighted by atomic mass is 16.5. The normalized spacial score (nSPS) is 29.2. The van der Waals surface area contributed by atoms with E-state index < -0.39 is 5.54 Å². The third-order valence-corrected chi connectivity index (χ3v) is 4.54. The van der Waals surface area contributed by atoms with Gasteiger partial charge < -0.3 is 20.4 Å². The summed E-state index contributed by atoms with van der Waals surface area (Å²) in [6.07, 6.45) is 9.95. The molecule has 1 aromatic rings. The Balaban J connectivity index is 1.66. The van der Waals surface area contributed by atoms with Gasteiger partial charge in [-0.2, -0.15) is 0 Å². The van der Waals surface area contributed by atoms with Gasteiger partial charge in [0, 0.05) is 31.6 Å². The fraction of sp³-hybridized carbons (Fsp3) is 0.714. The van der Waals surface area contributed by atoms with E-state index in [0.29, 0.717) is 32.1 Å². The van der Waals surface area contributed by atoms with Gasteiger partial charge >= 0.3 is 0 Å². The van der Waals surface area contributed by atoms with E-state index in [1.807, 2.05) is 12.5 Å². The van der Waals surface area contributed by atoms with Gasteiger partial charge in [0.15, 0.2) is 0 Å². The minimum atomic E-state index is -0.764. The fourth-order valence-corrected chi connectivity index (χ4v) is 3.21. The number of imidazole rings is 1. The standard InChI is InChI=1S/C14H22N4O2/c15-14(4-8-20-9-5-14)13(19)17-11-2-1-3-12(11)18-7-6-16-10-18/h6-7,10-12H,1-5,8-9,15H2,(H,17,19). The van der Waals surface area contributed by atoms with Crippen molar-refractivity contribution < 1.29 is 9.53 Å². The number of nitrogens with zero attached hydrogens (tertiary/aromatic N) is 2. The predicted octanol–water partition coefficient (Wildman–Crippen LogP) is 0.601. The zero-order valence-electron chi connectivity index (χ0n) is 11.6. The first-order valence-corrected chi connectivity index (χ1v) is 7.34. The van der Waals surface area contributed by atoms with E-state index in [0.717, 1.165) is 19.3 Å². The Morgan fingerprint density at radius 3 is 2.90 bits per heavy atom. The van der Waals surface area contributed by atoms with Gasteiger partial charge in [-0.1, -0.05) is 0 Å². The van der Waals surface area contributed by atoms with Gasteiger partial charge in [0.2, 0.25) is 5.91 Å². The highest BCUT2D eigenvalue weighted by molar-refractivity contribution is 5.86. The molecule has 1 aliphatic carbocycles. The lowest BCUT2D eigenvalue weighted by Crippen LogP contribution is -2.59. The van der Waals surface area contributed by atoms with Crippen LogP contribution in [0.3, 0.4) is 0 Å². The van der Waals surface area contributed by atoms with Crippen LogP contribution in [0.5, 0.6) is 0 Å². The molecule has 2 unspecified atom stereocenters. The van der Waals surface area contributed by atoms with Crippen LogP contribution >= 0.6 is 0 Å². The van der Waals surface area contributed by atoms with Gasteiger partial charge in [-0.3, -0.25) is 4.79 Å². The summed E-state index contributed by atoms with van der Waals surface area (Å²) in [5, 5.41) is 3.16. The van der Waals surface area contributed by atoms with E-state index in [-0.39, 0.29) is 11.9 Å². The molecule has 0 radical (unpaired) electrons. The Labute approximate surface area is 118 Å². The molecule has 6 heteroatoms. The molecule has 1 saturated carbocycles. The highest BCUT2D eigenvalue weighted by Crippen LogP contribution is 2.30. The van der Waals surface area contributed by atoms with Crippen LogP contribution < -0.4 is 11.1 Å². The molecule has 1 amide bonds. The van der Waals surface area contributed by atoms with Crippen molar-refractivity contribution in [2.24, 2.45) is 5.73 Å². The second-order valence-electron chi connectivity index (χ2n) is 5.86. The number of nitrogens with two attached hydrogens (primary N) is 1. The van der Waals surface area contributed by atoms with Crippen LogP contribution in [0.1, 0.15) is 38.1 Å². The van der Waals surface area contributed by atoms with Crippen molar-refractivity contribution in [3.05, 3.63) is 18.7 Å². The van der Waals surface area contributed by atoms with E-state index in [4.69, 9.17) is 10.5 Å². The zero-order valence-corrected chi connectivity index (χ0v) is 11.6. The second-order valence-corrected chi connectivity index (χ2v) is 5.86. The summed E-state index contributed by atoms with van der Waals surface area (Å²) in [5.74, 6) is -0.0298. The molecule has 20 heavy (non-hydrogen) atoms. The van der Waals surface area contributed by atoms with Crippen LogP contribution in [0.15, 0.2) is 18.7 Å². The number of aromatic nitrogens is 2. The third kappa shape index (κ3) is 2.58. The number of carbonyl (C=O) groups excluding carboxylic acids is 1. The second kappa shape index (κ2) is 5.54. The van der Waals surface area contributed by atoms with Crippen molar-refractivity contribution >= 4 is 5.91 Å². The van der Waals surface area contributed by atoms with E-state index >= 15 is 0 Å². The Morgan fingerprint density at radius 2 is 2.20 bits per heavy atom. The Hall–Kier alpha value is -1.40. The molecule has 6 nitrogen and oxygen atoms in total. The fourth-order valence-electron chi connectivity index (χ4n) is 3.21. The molecule has 1 saturated heterocycles. The molecule has 2 fully saturated rings. The Bertz CT molecular complexity index is 454. The summed E-state index contributed by atoms with van der Waals surface area (Å²) in [7, 11) is 0.